The monoisotopic (exact) mass is 227 g/mol. The molecule has 0 heterocycles. The molecule has 7 heteroatoms. The van der Waals surface area contributed by atoms with Crippen LogP contribution in [0.25, 0.3) is 0 Å². The number of rotatable bonds is 9. The minimum absolute atomic E-state index is 0.136. The zero-order valence-electron chi connectivity index (χ0n) is 8.43. The van der Waals surface area contributed by atoms with Crippen molar-refractivity contribution in [2.24, 2.45) is 0 Å². The molecule has 0 aliphatic carbocycles. The zero-order valence-corrected chi connectivity index (χ0v) is 9.33. The summed E-state index contributed by atoms with van der Waals surface area (Å²) in [4.78, 5) is 8.96. The van der Waals surface area contributed by atoms with Crippen LogP contribution in [0.5, 0.6) is 0 Å². The van der Waals surface area contributed by atoms with E-state index in [4.69, 9.17) is 4.52 Å². The summed E-state index contributed by atoms with van der Waals surface area (Å²) in [5.41, 5.74) is 0. The van der Waals surface area contributed by atoms with Crippen LogP contribution >= 0.6 is 7.82 Å². The molecular weight excluding hydrogens is 211 g/mol. The van der Waals surface area contributed by atoms with Crippen molar-refractivity contribution >= 4 is 7.82 Å². The topological polar surface area (TPSA) is 63.2 Å². The van der Waals surface area contributed by atoms with Gasteiger partial charge in [-0.05, 0) is 20.3 Å². The van der Waals surface area contributed by atoms with Gasteiger partial charge in [0, 0.05) is 0 Å². The molecule has 85 valence electrons. The van der Waals surface area contributed by atoms with Crippen molar-refractivity contribution in [3.8, 4) is 0 Å². The molecule has 0 atom stereocenters. The van der Waals surface area contributed by atoms with Crippen LogP contribution in [-0.4, -0.2) is 19.8 Å². The average Bonchev–Trinajstić information content (AvgIpc) is 2.21. The molecule has 0 aliphatic heterocycles. The third-order valence-electron chi connectivity index (χ3n) is 0.917. The summed E-state index contributed by atoms with van der Waals surface area (Å²) in [6, 6.07) is 0. The van der Waals surface area contributed by atoms with Gasteiger partial charge in [0.15, 0.2) is 0 Å². The number of hydrogen-bond acceptors (Lipinski definition) is 6. The predicted molar refractivity (Wildman–Crippen MR) is 49.0 cm³/mol. The molecule has 1 radical (unpaired) electrons. The van der Waals surface area contributed by atoms with Crippen molar-refractivity contribution in [2.45, 2.75) is 20.3 Å². The molecule has 0 unspecified atom stereocenters. The van der Waals surface area contributed by atoms with Crippen LogP contribution in [0, 0.1) is 6.92 Å². The highest BCUT2D eigenvalue weighted by atomic mass is 31.2. The Labute approximate surface area is 83.9 Å². The molecule has 0 aromatic heterocycles. The molecule has 0 saturated carbocycles. The fraction of sp³-hybridized carbons (Fsp3) is 0.857. The van der Waals surface area contributed by atoms with Gasteiger partial charge in [-0.1, -0.05) is 6.92 Å². The molecule has 0 amide bonds. The average molecular weight is 227 g/mol. The third-order valence-corrected chi connectivity index (χ3v) is 1.99. The van der Waals surface area contributed by atoms with E-state index in [1.165, 1.54) is 0 Å². The summed E-state index contributed by atoms with van der Waals surface area (Å²) in [7, 11) is -3.75. The molecule has 0 aromatic rings. The standard InChI is InChI=1S/C7H16O6P/c1-4-7-11-14(8,12-9-5-2)13-10-6-3/h1,4-7H2,2-3H3. The lowest BCUT2D eigenvalue weighted by Gasteiger charge is -2.14. The lowest BCUT2D eigenvalue weighted by Crippen LogP contribution is -2.03. The van der Waals surface area contributed by atoms with Gasteiger partial charge in [0.1, 0.15) is 0 Å². The van der Waals surface area contributed by atoms with Crippen LogP contribution in [0.3, 0.4) is 0 Å². The van der Waals surface area contributed by atoms with Crippen molar-refractivity contribution in [1.82, 2.24) is 0 Å². The second kappa shape index (κ2) is 8.35. The smallest absolute Gasteiger partial charge is 0.284 e. The maximum Gasteiger partial charge on any atom is 0.529 e. The van der Waals surface area contributed by atoms with Gasteiger partial charge in [0.2, 0.25) is 0 Å². The first-order valence-corrected chi connectivity index (χ1v) is 5.80. The molecule has 14 heavy (non-hydrogen) atoms. The molecular formula is C7H16O6P. The van der Waals surface area contributed by atoms with Crippen molar-refractivity contribution in [3.05, 3.63) is 6.92 Å². The fourth-order valence-electron chi connectivity index (χ4n) is 0.466. The van der Waals surface area contributed by atoms with Crippen molar-refractivity contribution in [3.63, 3.8) is 0 Å². The summed E-state index contributed by atoms with van der Waals surface area (Å²) in [5.74, 6) is 0. The van der Waals surface area contributed by atoms with E-state index in [1.54, 1.807) is 13.8 Å². The lowest BCUT2D eigenvalue weighted by atomic mass is 10.5. The maximum atomic E-state index is 11.5. The Morgan fingerprint density at radius 3 is 2.00 bits per heavy atom. The van der Waals surface area contributed by atoms with Gasteiger partial charge >= 0.3 is 7.82 Å². The Bertz CT molecular complexity index is 145. The lowest BCUT2D eigenvalue weighted by molar-refractivity contribution is -0.278. The first-order chi connectivity index (χ1) is 6.68. The molecule has 0 N–H and O–H groups in total. The minimum atomic E-state index is -3.75. The Hall–Kier alpha value is 0.0300. The van der Waals surface area contributed by atoms with Crippen LogP contribution in [0.1, 0.15) is 20.3 Å². The van der Waals surface area contributed by atoms with E-state index in [1.807, 2.05) is 0 Å². The number of phosphoric acid groups is 1. The van der Waals surface area contributed by atoms with Crippen molar-refractivity contribution in [2.75, 3.05) is 19.8 Å². The van der Waals surface area contributed by atoms with Crippen LogP contribution in [0.4, 0.5) is 0 Å². The summed E-state index contributed by atoms with van der Waals surface area (Å²) < 4.78 is 25.2. The van der Waals surface area contributed by atoms with E-state index in [9.17, 15) is 4.57 Å². The summed E-state index contributed by atoms with van der Waals surface area (Å²) >= 11 is 0. The highest BCUT2D eigenvalue weighted by molar-refractivity contribution is 7.48. The Morgan fingerprint density at radius 2 is 1.64 bits per heavy atom. The van der Waals surface area contributed by atoms with Crippen molar-refractivity contribution < 1.29 is 28.2 Å². The first-order valence-electron chi connectivity index (χ1n) is 4.34. The Morgan fingerprint density at radius 1 is 1.14 bits per heavy atom. The molecule has 0 fully saturated rings. The Kier molecular flexibility index (Phi) is 8.37. The summed E-state index contributed by atoms with van der Waals surface area (Å²) in [6.07, 6.45) is 0.439. The molecule has 0 aromatic carbocycles. The SMILES string of the molecule is [CH2]CCOP(=O)(OOCC)OOCC. The van der Waals surface area contributed by atoms with Gasteiger partial charge in [-0.25, -0.2) is 14.3 Å². The number of hydrogen-bond donors (Lipinski definition) is 0. The Balaban J connectivity index is 3.97. The van der Waals surface area contributed by atoms with Gasteiger partial charge in [-0.15, -0.1) is 9.35 Å². The van der Waals surface area contributed by atoms with E-state index < -0.39 is 7.82 Å². The van der Waals surface area contributed by atoms with Gasteiger partial charge < -0.3 is 0 Å². The van der Waals surface area contributed by atoms with Crippen LogP contribution < -0.4 is 0 Å². The largest absolute Gasteiger partial charge is 0.529 e. The maximum absolute atomic E-state index is 11.5. The first kappa shape index (κ1) is 14.0. The third kappa shape index (κ3) is 6.48. The van der Waals surface area contributed by atoms with Gasteiger partial charge in [-0.3, -0.25) is 4.52 Å². The molecule has 0 aliphatic rings. The summed E-state index contributed by atoms with van der Waals surface area (Å²) in [6.45, 7) is 7.45. The van der Waals surface area contributed by atoms with E-state index in [2.05, 4.69) is 26.0 Å². The second-order valence-electron chi connectivity index (χ2n) is 2.10. The van der Waals surface area contributed by atoms with Crippen LogP contribution in [0.2, 0.25) is 0 Å². The predicted octanol–water partition coefficient (Wildman–Crippen LogP) is 2.27. The zero-order chi connectivity index (χ0) is 10.9. The fourth-order valence-corrected chi connectivity index (χ4v) is 1.40. The quantitative estimate of drug-likeness (QED) is 0.342. The van der Waals surface area contributed by atoms with E-state index in [-0.39, 0.29) is 19.8 Å². The normalized spacial score (nSPS) is 11.9. The molecule has 6 nitrogen and oxygen atoms in total. The molecule has 0 rings (SSSR count). The van der Waals surface area contributed by atoms with E-state index in [0.717, 1.165) is 0 Å². The van der Waals surface area contributed by atoms with Gasteiger partial charge in [0.05, 0.1) is 19.8 Å². The molecule has 0 bridgehead atoms. The summed E-state index contributed by atoms with van der Waals surface area (Å²) in [5, 5.41) is 0. The van der Waals surface area contributed by atoms with Crippen LogP contribution in [-0.2, 0) is 28.2 Å². The minimum Gasteiger partial charge on any atom is -0.284 e. The van der Waals surface area contributed by atoms with E-state index >= 15 is 0 Å². The highest BCUT2D eigenvalue weighted by Gasteiger charge is 2.29. The van der Waals surface area contributed by atoms with Gasteiger partial charge in [-0.2, -0.15) is 0 Å². The van der Waals surface area contributed by atoms with Gasteiger partial charge in [0.25, 0.3) is 0 Å². The van der Waals surface area contributed by atoms with Crippen molar-refractivity contribution in [1.29, 1.82) is 0 Å². The molecule has 0 spiro atoms. The second-order valence-corrected chi connectivity index (χ2v) is 3.55. The van der Waals surface area contributed by atoms with Crippen LogP contribution in [0.15, 0.2) is 0 Å². The highest BCUT2D eigenvalue weighted by Crippen LogP contribution is 2.49. The van der Waals surface area contributed by atoms with E-state index in [0.29, 0.717) is 6.42 Å². The molecule has 0 saturated heterocycles.